The average Bonchev–Trinajstić information content (AvgIpc) is 2.58. The number of rotatable bonds is 4. The van der Waals surface area contributed by atoms with Gasteiger partial charge in [0.1, 0.15) is 17.5 Å². The molecule has 0 bridgehead atoms. The molecule has 1 aromatic rings. The molecule has 1 fully saturated rings. The standard InChI is InChI=1S/C17H27N5O3/c1-17(2,3)25-16(24)20-12-13(18)15(23)22-10-8-21(9-11-22)14-6-4-5-7-19-14/h4-7,13H,8-12,18H2,1-3H3,(H,20,24). The van der Waals surface area contributed by atoms with Crippen LogP contribution >= 0.6 is 0 Å². The molecular formula is C17H27N5O3. The fourth-order valence-electron chi connectivity index (χ4n) is 2.53. The molecule has 2 rings (SSSR count). The zero-order chi connectivity index (χ0) is 18.4. The molecule has 1 aliphatic heterocycles. The lowest BCUT2D eigenvalue weighted by molar-refractivity contribution is -0.132. The number of aromatic nitrogens is 1. The molecular weight excluding hydrogens is 322 g/mol. The Labute approximate surface area is 148 Å². The number of nitrogens with zero attached hydrogens (tertiary/aromatic N) is 3. The van der Waals surface area contributed by atoms with Gasteiger partial charge in [-0.25, -0.2) is 9.78 Å². The minimum Gasteiger partial charge on any atom is -0.444 e. The summed E-state index contributed by atoms with van der Waals surface area (Å²) in [5.41, 5.74) is 5.34. The van der Waals surface area contributed by atoms with Gasteiger partial charge in [-0.05, 0) is 32.9 Å². The second kappa shape index (κ2) is 8.15. The summed E-state index contributed by atoms with van der Waals surface area (Å²) >= 11 is 0. The summed E-state index contributed by atoms with van der Waals surface area (Å²) in [4.78, 5) is 32.2. The number of amides is 2. The van der Waals surface area contributed by atoms with Crippen molar-refractivity contribution in [2.75, 3.05) is 37.6 Å². The second-order valence-corrected chi connectivity index (χ2v) is 6.99. The van der Waals surface area contributed by atoms with Gasteiger partial charge in [0.05, 0.1) is 0 Å². The summed E-state index contributed by atoms with van der Waals surface area (Å²) in [7, 11) is 0. The van der Waals surface area contributed by atoms with Crippen LogP contribution in [0.25, 0.3) is 0 Å². The van der Waals surface area contributed by atoms with Crippen molar-refractivity contribution in [2.45, 2.75) is 32.4 Å². The lowest BCUT2D eigenvalue weighted by atomic mass is 10.2. The average molecular weight is 349 g/mol. The SMILES string of the molecule is CC(C)(C)OC(=O)NCC(N)C(=O)N1CCN(c2ccccn2)CC1. The van der Waals surface area contributed by atoms with E-state index < -0.39 is 17.7 Å². The highest BCUT2D eigenvalue weighted by Crippen LogP contribution is 2.13. The molecule has 3 N–H and O–H groups in total. The van der Waals surface area contributed by atoms with Crippen LogP contribution in [0.3, 0.4) is 0 Å². The lowest BCUT2D eigenvalue weighted by Gasteiger charge is -2.36. The summed E-state index contributed by atoms with van der Waals surface area (Å²) in [5, 5.41) is 2.54. The van der Waals surface area contributed by atoms with Crippen molar-refractivity contribution >= 4 is 17.8 Å². The van der Waals surface area contributed by atoms with E-state index in [2.05, 4.69) is 15.2 Å². The first-order chi connectivity index (χ1) is 11.8. The summed E-state index contributed by atoms with van der Waals surface area (Å²) in [6, 6.07) is 4.99. The minimum atomic E-state index is -0.783. The molecule has 8 nitrogen and oxygen atoms in total. The number of piperazine rings is 1. The second-order valence-electron chi connectivity index (χ2n) is 6.99. The first kappa shape index (κ1) is 19.0. The molecule has 8 heteroatoms. The fourth-order valence-corrected chi connectivity index (χ4v) is 2.53. The first-order valence-corrected chi connectivity index (χ1v) is 8.43. The van der Waals surface area contributed by atoms with Crippen molar-refractivity contribution in [2.24, 2.45) is 5.73 Å². The zero-order valence-electron chi connectivity index (χ0n) is 15.1. The number of alkyl carbamates (subject to hydrolysis) is 1. The smallest absolute Gasteiger partial charge is 0.407 e. The van der Waals surface area contributed by atoms with E-state index in [1.807, 2.05) is 18.2 Å². The van der Waals surface area contributed by atoms with Crippen LogP contribution in [-0.2, 0) is 9.53 Å². The first-order valence-electron chi connectivity index (χ1n) is 8.43. The van der Waals surface area contributed by atoms with Gasteiger partial charge >= 0.3 is 6.09 Å². The van der Waals surface area contributed by atoms with E-state index in [1.54, 1.807) is 31.9 Å². The number of hydrogen-bond donors (Lipinski definition) is 2. The predicted molar refractivity (Wildman–Crippen MR) is 95.2 cm³/mol. The third kappa shape index (κ3) is 5.90. The highest BCUT2D eigenvalue weighted by molar-refractivity contribution is 5.83. The van der Waals surface area contributed by atoms with Crippen molar-refractivity contribution in [3.63, 3.8) is 0 Å². The Bertz CT molecular complexity index is 580. The van der Waals surface area contributed by atoms with Gasteiger partial charge in [-0.2, -0.15) is 0 Å². The largest absolute Gasteiger partial charge is 0.444 e. The predicted octanol–water partition coefficient (Wildman–Crippen LogP) is 0.582. The summed E-state index contributed by atoms with van der Waals surface area (Å²) < 4.78 is 5.13. The van der Waals surface area contributed by atoms with E-state index in [9.17, 15) is 9.59 Å². The van der Waals surface area contributed by atoms with E-state index in [0.717, 1.165) is 5.82 Å². The summed E-state index contributed by atoms with van der Waals surface area (Å²) in [6.45, 7) is 7.94. The Morgan fingerprint density at radius 2 is 1.96 bits per heavy atom. The molecule has 1 unspecified atom stereocenters. The fraction of sp³-hybridized carbons (Fsp3) is 0.588. The normalized spacial score (nSPS) is 16.3. The molecule has 2 amide bonds. The van der Waals surface area contributed by atoms with Gasteiger partial charge < -0.3 is 25.6 Å². The maximum Gasteiger partial charge on any atom is 0.407 e. The summed E-state index contributed by atoms with van der Waals surface area (Å²) in [6.07, 6.45) is 1.18. The van der Waals surface area contributed by atoms with Gasteiger partial charge in [0.25, 0.3) is 0 Å². The monoisotopic (exact) mass is 349 g/mol. The topological polar surface area (TPSA) is 101 Å². The van der Waals surface area contributed by atoms with Gasteiger partial charge in [0.15, 0.2) is 0 Å². The zero-order valence-corrected chi connectivity index (χ0v) is 15.1. The van der Waals surface area contributed by atoms with E-state index in [4.69, 9.17) is 10.5 Å². The molecule has 0 saturated carbocycles. The van der Waals surface area contributed by atoms with Crippen LogP contribution in [0.2, 0.25) is 0 Å². The van der Waals surface area contributed by atoms with Crippen molar-refractivity contribution < 1.29 is 14.3 Å². The summed E-state index contributed by atoms with van der Waals surface area (Å²) in [5.74, 6) is 0.738. The number of anilines is 1. The molecule has 1 aromatic heterocycles. The van der Waals surface area contributed by atoms with Crippen LogP contribution in [0, 0.1) is 0 Å². The van der Waals surface area contributed by atoms with Crippen molar-refractivity contribution in [1.29, 1.82) is 0 Å². The number of ether oxygens (including phenoxy) is 1. The van der Waals surface area contributed by atoms with Crippen LogP contribution in [-0.4, -0.2) is 66.3 Å². The molecule has 1 atom stereocenters. The van der Waals surface area contributed by atoms with Gasteiger partial charge in [0.2, 0.25) is 5.91 Å². The number of nitrogens with one attached hydrogen (secondary N) is 1. The van der Waals surface area contributed by atoms with E-state index in [0.29, 0.717) is 26.2 Å². The molecule has 138 valence electrons. The number of nitrogens with two attached hydrogens (primary N) is 1. The Hall–Kier alpha value is -2.35. The van der Waals surface area contributed by atoms with Crippen molar-refractivity contribution in [3.05, 3.63) is 24.4 Å². The van der Waals surface area contributed by atoms with Crippen molar-refractivity contribution in [1.82, 2.24) is 15.2 Å². The Morgan fingerprint density at radius 1 is 1.28 bits per heavy atom. The number of carbonyl (C=O) groups is 2. The molecule has 25 heavy (non-hydrogen) atoms. The quantitative estimate of drug-likeness (QED) is 0.825. The number of carbonyl (C=O) groups excluding carboxylic acids is 2. The highest BCUT2D eigenvalue weighted by Gasteiger charge is 2.26. The van der Waals surface area contributed by atoms with Crippen LogP contribution in [0.4, 0.5) is 10.6 Å². The van der Waals surface area contributed by atoms with Gasteiger partial charge in [0, 0.05) is 38.9 Å². The minimum absolute atomic E-state index is 0.0498. The molecule has 1 aliphatic rings. The van der Waals surface area contributed by atoms with Gasteiger partial charge in [-0.3, -0.25) is 4.79 Å². The molecule has 0 aliphatic carbocycles. The van der Waals surface area contributed by atoms with Crippen LogP contribution in [0.15, 0.2) is 24.4 Å². The maximum absolute atomic E-state index is 12.4. The Kier molecular flexibility index (Phi) is 6.19. The maximum atomic E-state index is 12.4. The third-order valence-electron chi connectivity index (χ3n) is 3.75. The van der Waals surface area contributed by atoms with E-state index >= 15 is 0 Å². The van der Waals surface area contributed by atoms with Gasteiger partial charge in [-0.15, -0.1) is 0 Å². The molecule has 1 saturated heterocycles. The van der Waals surface area contributed by atoms with Crippen molar-refractivity contribution in [3.8, 4) is 0 Å². The molecule has 2 heterocycles. The third-order valence-corrected chi connectivity index (χ3v) is 3.75. The number of pyridine rings is 1. The molecule has 0 radical (unpaired) electrons. The van der Waals surface area contributed by atoms with Crippen LogP contribution in [0.5, 0.6) is 0 Å². The van der Waals surface area contributed by atoms with Crippen LogP contribution < -0.4 is 16.0 Å². The lowest BCUT2D eigenvalue weighted by Crippen LogP contribution is -2.55. The Morgan fingerprint density at radius 3 is 2.52 bits per heavy atom. The van der Waals surface area contributed by atoms with Crippen LogP contribution in [0.1, 0.15) is 20.8 Å². The highest BCUT2D eigenvalue weighted by atomic mass is 16.6. The molecule has 0 spiro atoms. The van der Waals surface area contributed by atoms with Gasteiger partial charge in [-0.1, -0.05) is 6.07 Å². The molecule has 0 aromatic carbocycles. The van der Waals surface area contributed by atoms with E-state index in [-0.39, 0.29) is 12.5 Å². The van der Waals surface area contributed by atoms with E-state index in [1.165, 1.54) is 0 Å². The Balaban J connectivity index is 1.77. The number of hydrogen-bond acceptors (Lipinski definition) is 6.